The fraction of sp³-hybridized carbons (Fsp3) is 0.400. The predicted octanol–water partition coefficient (Wildman–Crippen LogP) is 2.89. The number of benzene rings is 1. The Morgan fingerprint density at radius 2 is 2.11 bits per heavy atom. The van der Waals surface area contributed by atoms with Crippen LogP contribution in [0.3, 0.4) is 0 Å². The van der Waals surface area contributed by atoms with E-state index >= 15 is 0 Å². The summed E-state index contributed by atoms with van der Waals surface area (Å²) < 4.78 is 5.22. The fourth-order valence-corrected chi connectivity index (χ4v) is 1.68. The van der Waals surface area contributed by atoms with Crippen molar-refractivity contribution >= 4 is 11.4 Å². The maximum Gasteiger partial charge on any atom is 0.161 e. The van der Waals surface area contributed by atoms with Crippen LogP contribution < -0.4 is 4.74 Å². The zero-order chi connectivity index (χ0) is 13.7. The van der Waals surface area contributed by atoms with Gasteiger partial charge in [0.1, 0.15) is 5.75 Å². The molecule has 3 heteroatoms. The predicted molar refractivity (Wildman–Crippen MR) is 74.7 cm³/mol. The highest BCUT2D eigenvalue weighted by molar-refractivity contribution is 6.19. The first-order chi connectivity index (χ1) is 8.49. The molecule has 0 unspecified atom stereocenters. The van der Waals surface area contributed by atoms with Crippen molar-refractivity contribution in [3.63, 3.8) is 0 Å². The summed E-state index contributed by atoms with van der Waals surface area (Å²) >= 11 is 0. The highest BCUT2D eigenvalue weighted by Gasteiger charge is 2.12. The lowest BCUT2D eigenvalue weighted by Gasteiger charge is -2.15. The molecule has 0 aliphatic carbocycles. The van der Waals surface area contributed by atoms with Gasteiger partial charge in [-0.05, 0) is 44.0 Å². The van der Waals surface area contributed by atoms with Gasteiger partial charge in [0.2, 0.25) is 0 Å². The van der Waals surface area contributed by atoms with Gasteiger partial charge in [0, 0.05) is 25.4 Å². The van der Waals surface area contributed by atoms with Crippen molar-refractivity contribution < 1.29 is 9.53 Å². The minimum Gasteiger partial charge on any atom is -0.497 e. The van der Waals surface area contributed by atoms with E-state index < -0.39 is 0 Å². The van der Waals surface area contributed by atoms with Gasteiger partial charge >= 0.3 is 0 Å². The molecule has 0 radical (unpaired) electrons. The minimum absolute atomic E-state index is 0.0617. The van der Waals surface area contributed by atoms with Gasteiger partial charge in [-0.1, -0.05) is 6.07 Å². The smallest absolute Gasteiger partial charge is 0.161 e. The van der Waals surface area contributed by atoms with Crippen molar-refractivity contribution in [2.75, 3.05) is 20.7 Å². The molecule has 0 fully saturated rings. The largest absolute Gasteiger partial charge is 0.497 e. The summed E-state index contributed by atoms with van der Waals surface area (Å²) in [5, 5.41) is 0. The summed E-state index contributed by atoms with van der Waals surface area (Å²) in [7, 11) is 3.59. The Morgan fingerprint density at radius 3 is 2.61 bits per heavy atom. The molecule has 1 aromatic carbocycles. The molecule has 0 bridgehead atoms. The van der Waals surface area contributed by atoms with Crippen LogP contribution in [0.25, 0.3) is 5.57 Å². The first kappa shape index (κ1) is 14.3. The van der Waals surface area contributed by atoms with Crippen LogP contribution >= 0.6 is 0 Å². The Bertz CT molecular complexity index is 464. The van der Waals surface area contributed by atoms with Crippen LogP contribution in [0.2, 0.25) is 0 Å². The summed E-state index contributed by atoms with van der Waals surface area (Å²) in [4.78, 5) is 13.8. The molecule has 3 nitrogen and oxygen atoms in total. The Hall–Kier alpha value is -1.77. The third kappa shape index (κ3) is 3.36. The summed E-state index contributed by atoms with van der Waals surface area (Å²) in [6.45, 7) is 6.50. The number of hydrogen-bond donors (Lipinski definition) is 0. The van der Waals surface area contributed by atoms with Crippen LogP contribution in [0.15, 0.2) is 24.4 Å². The van der Waals surface area contributed by atoms with Crippen LogP contribution in [0.4, 0.5) is 0 Å². The van der Waals surface area contributed by atoms with Crippen molar-refractivity contribution in [3.05, 3.63) is 35.5 Å². The van der Waals surface area contributed by atoms with E-state index in [4.69, 9.17) is 4.74 Å². The molecule has 0 atom stereocenters. The van der Waals surface area contributed by atoms with Crippen LogP contribution in [-0.4, -0.2) is 31.4 Å². The monoisotopic (exact) mass is 247 g/mol. The molecule has 0 aliphatic heterocycles. The van der Waals surface area contributed by atoms with E-state index in [2.05, 4.69) is 0 Å². The van der Waals surface area contributed by atoms with E-state index in [1.807, 2.05) is 50.2 Å². The summed E-state index contributed by atoms with van der Waals surface area (Å²) in [6.07, 6.45) is 1.89. The molecule has 1 rings (SSSR count). The van der Waals surface area contributed by atoms with Gasteiger partial charge in [-0.25, -0.2) is 0 Å². The first-order valence-electron chi connectivity index (χ1n) is 6.07. The van der Waals surface area contributed by atoms with E-state index in [0.29, 0.717) is 0 Å². The first-order valence-corrected chi connectivity index (χ1v) is 6.07. The summed E-state index contributed by atoms with van der Waals surface area (Å²) in [6, 6.07) is 5.78. The van der Waals surface area contributed by atoms with Crippen molar-refractivity contribution in [3.8, 4) is 5.75 Å². The van der Waals surface area contributed by atoms with Crippen molar-refractivity contribution in [2.24, 2.45) is 0 Å². The Labute approximate surface area is 109 Å². The number of hydrogen-bond acceptors (Lipinski definition) is 3. The summed E-state index contributed by atoms with van der Waals surface area (Å²) in [5.41, 5.74) is 2.72. The summed E-state index contributed by atoms with van der Waals surface area (Å²) in [5.74, 6) is 0.827. The molecular formula is C15H21NO2. The zero-order valence-corrected chi connectivity index (χ0v) is 11.8. The topological polar surface area (TPSA) is 29.5 Å². The Morgan fingerprint density at radius 1 is 1.44 bits per heavy atom. The molecular weight excluding hydrogens is 226 g/mol. The number of Topliss-reactive ketones (excluding diaryl/α,β-unsaturated/α-hetero) is 1. The average molecular weight is 247 g/mol. The number of allylic oxidation sites excluding steroid dienone is 1. The van der Waals surface area contributed by atoms with Crippen molar-refractivity contribution in [1.82, 2.24) is 4.90 Å². The lowest BCUT2D eigenvalue weighted by Crippen LogP contribution is -2.12. The third-order valence-corrected chi connectivity index (χ3v) is 2.96. The molecule has 0 amide bonds. The molecule has 0 saturated heterocycles. The molecule has 0 aliphatic rings. The molecule has 98 valence electrons. The number of ketones is 1. The standard InChI is InChI=1S/C15H21NO2/c1-6-16(4)10-15(12(3)17)14-9-13(18-5)8-7-11(14)2/h7-10H,6H2,1-5H3/b15-10-. The second-order valence-corrected chi connectivity index (χ2v) is 4.35. The van der Waals surface area contributed by atoms with E-state index in [1.165, 1.54) is 0 Å². The second-order valence-electron chi connectivity index (χ2n) is 4.35. The van der Waals surface area contributed by atoms with Crippen molar-refractivity contribution in [2.45, 2.75) is 20.8 Å². The molecule has 0 heterocycles. The second kappa shape index (κ2) is 6.24. The quantitative estimate of drug-likeness (QED) is 0.749. The Kier molecular flexibility index (Phi) is 4.95. The molecule has 0 aromatic heterocycles. The average Bonchev–Trinajstić information content (AvgIpc) is 2.36. The Balaban J connectivity index is 3.29. The van der Waals surface area contributed by atoms with Gasteiger partial charge < -0.3 is 9.64 Å². The van der Waals surface area contributed by atoms with Gasteiger partial charge in [-0.3, -0.25) is 4.79 Å². The highest BCUT2D eigenvalue weighted by Crippen LogP contribution is 2.25. The number of aryl methyl sites for hydroxylation is 1. The molecule has 18 heavy (non-hydrogen) atoms. The number of carbonyl (C=O) groups is 1. The fourth-order valence-electron chi connectivity index (χ4n) is 1.68. The van der Waals surface area contributed by atoms with Gasteiger partial charge in [0.15, 0.2) is 5.78 Å². The van der Waals surface area contributed by atoms with Crippen LogP contribution in [0.1, 0.15) is 25.0 Å². The van der Waals surface area contributed by atoms with E-state index in [9.17, 15) is 4.79 Å². The van der Waals surface area contributed by atoms with Crippen LogP contribution in [0.5, 0.6) is 5.75 Å². The number of ether oxygens (including phenoxy) is 1. The van der Waals surface area contributed by atoms with Crippen LogP contribution in [0, 0.1) is 6.92 Å². The number of nitrogens with zero attached hydrogens (tertiary/aromatic N) is 1. The molecule has 0 saturated carbocycles. The molecule has 0 N–H and O–H groups in total. The van der Waals surface area contributed by atoms with Gasteiger partial charge in [-0.15, -0.1) is 0 Å². The molecule has 0 spiro atoms. The maximum atomic E-state index is 11.8. The highest BCUT2D eigenvalue weighted by atomic mass is 16.5. The normalized spacial score (nSPS) is 11.3. The lowest BCUT2D eigenvalue weighted by molar-refractivity contribution is -0.111. The number of rotatable bonds is 5. The van der Waals surface area contributed by atoms with Gasteiger partial charge in [0.25, 0.3) is 0 Å². The minimum atomic E-state index is 0.0617. The van der Waals surface area contributed by atoms with E-state index in [-0.39, 0.29) is 5.78 Å². The SMILES string of the molecule is CCN(C)/C=C(/C(C)=O)c1cc(OC)ccc1C. The van der Waals surface area contributed by atoms with E-state index in [0.717, 1.165) is 29.0 Å². The lowest BCUT2D eigenvalue weighted by atomic mass is 9.98. The zero-order valence-electron chi connectivity index (χ0n) is 11.8. The van der Waals surface area contributed by atoms with E-state index in [1.54, 1.807) is 14.0 Å². The number of methoxy groups -OCH3 is 1. The van der Waals surface area contributed by atoms with Crippen molar-refractivity contribution in [1.29, 1.82) is 0 Å². The maximum absolute atomic E-state index is 11.8. The third-order valence-electron chi connectivity index (χ3n) is 2.96. The van der Waals surface area contributed by atoms with Gasteiger partial charge in [-0.2, -0.15) is 0 Å². The molecule has 1 aromatic rings. The van der Waals surface area contributed by atoms with Gasteiger partial charge in [0.05, 0.1) is 7.11 Å². The van der Waals surface area contributed by atoms with Crippen LogP contribution in [-0.2, 0) is 4.79 Å². The number of carbonyl (C=O) groups excluding carboxylic acids is 1.